The molecule has 1 rings (SSSR count). The average Bonchev–Trinajstić information content (AvgIpc) is 2.51. The van der Waals surface area contributed by atoms with Gasteiger partial charge in [-0.05, 0) is 25.5 Å². The first-order chi connectivity index (χ1) is 6.33. The minimum absolute atomic E-state index is 1.01. The van der Waals surface area contributed by atoms with Crippen molar-refractivity contribution in [3.8, 4) is 0 Å². The molecule has 1 aromatic heterocycles. The number of hydrogen-bond donors (Lipinski definition) is 1. The van der Waals surface area contributed by atoms with Crippen LogP contribution in [-0.2, 0) is 0 Å². The van der Waals surface area contributed by atoms with Gasteiger partial charge in [0.15, 0.2) is 0 Å². The van der Waals surface area contributed by atoms with Crippen molar-refractivity contribution in [2.75, 3.05) is 11.5 Å². The molecule has 1 heterocycles. The molecule has 0 aliphatic carbocycles. The molecule has 0 aromatic carbocycles. The molecule has 0 aliphatic rings. The fourth-order valence-electron chi connectivity index (χ4n) is 0.949. The van der Waals surface area contributed by atoms with Crippen LogP contribution in [0.1, 0.15) is 25.0 Å². The van der Waals surface area contributed by atoms with Gasteiger partial charge in [-0.2, -0.15) is 12.6 Å². The summed E-state index contributed by atoms with van der Waals surface area (Å²) in [6.45, 7) is 2.04. The maximum Gasteiger partial charge on any atom is 0.150 e. The van der Waals surface area contributed by atoms with E-state index in [4.69, 9.17) is 0 Å². The fraction of sp³-hybridized carbons (Fsp3) is 0.667. The van der Waals surface area contributed by atoms with Gasteiger partial charge in [-0.25, -0.2) is 4.98 Å². The highest BCUT2D eigenvalue weighted by atomic mass is 32.2. The smallest absolute Gasteiger partial charge is 0.150 e. The molecular weight excluding hydrogens is 218 g/mol. The summed E-state index contributed by atoms with van der Waals surface area (Å²) in [5, 5.41) is 2.11. The van der Waals surface area contributed by atoms with Crippen molar-refractivity contribution >= 4 is 35.7 Å². The normalized spacial score (nSPS) is 10.6. The highest BCUT2D eigenvalue weighted by Gasteiger charge is 1.98. The molecule has 0 atom stereocenters. The van der Waals surface area contributed by atoms with E-state index in [0.717, 1.165) is 11.4 Å². The number of aromatic nitrogens is 1. The molecule has 0 bridgehead atoms. The Morgan fingerprint density at radius 3 is 2.92 bits per heavy atom. The first-order valence-corrected chi connectivity index (χ1v) is 6.98. The number of nitrogens with zero attached hydrogens (tertiary/aromatic N) is 1. The molecule has 13 heavy (non-hydrogen) atoms. The van der Waals surface area contributed by atoms with Crippen molar-refractivity contribution in [3.63, 3.8) is 0 Å². The van der Waals surface area contributed by atoms with Crippen molar-refractivity contribution in [2.24, 2.45) is 0 Å². The fourth-order valence-corrected chi connectivity index (χ4v) is 3.09. The summed E-state index contributed by atoms with van der Waals surface area (Å²) in [7, 11) is 0. The Balaban J connectivity index is 2.06. The number of rotatable bonds is 6. The summed E-state index contributed by atoms with van der Waals surface area (Å²) in [6, 6.07) is 0. The number of thioether (sulfide) groups is 1. The Morgan fingerprint density at radius 1 is 1.46 bits per heavy atom. The molecule has 0 N–H and O–H groups in total. The molecule has 74 valence electrons. The predicted octanol–water partition coefficient (Wildman–Crippen LogP) is 3.64. The Kier molecular flexibility index (Phi) is 5.91. The van der Waals surface area contributed by atoms with E-state index < -0.39 is 0 Å². The first kappa shape index (κ1) is 11.4. The lowest BCUT2D eigenvalue weighted by atomic mass is 10.3. The molecule has 1 aromatic rings. The lowest BCUT2D eigenvalue weighted by Crippen LogP contribution is -1.82. The molecule has 0 amide bonds. The van der Waals surface area contributed by atoms with Crippen molar-refractivity contribution in [1.29, 1.82) is 0 Å². The van der Waals surface area contributed by atoms with E-state index in [2.05, 4.69) is 23.0 Å². The van der Waals surface area contributed by atoms with Crippen LogP contribution in [-0.4, -0.2) is 16.5 Å². The zero-order valence-electron chi connectivity index (χ0n) is 7.82. The maximum absolute atomic E-state index is 4.39. The van der Waals surface area contributed by atoms with Crippen LogP contribution in [0.5, 0.6) is 0 Å². The molecule has 0 spiro atoms. The summed E-state index contributed by atoms with van der Waals surface area (Å²) in [4.78, 5) is 4.39. The zero-order valence-corrected chi connectivity index (χ0v) is 10.4. The van der Waals surface area contributed by atoms with Crippen LogP contribution in [0, 0.1) is 6.92 Å². The quantitative estimate of drug-likeness (QED) is 0.458. The average molecular weight is 233 g/mol. The number of hydrogen-bond acceptors (Lipinski definition) is 4. The van der Waals surface area contributed by atoms with Crippen molar-refractivity contribution in [3.05, 3.63) is 11.1 Å². The van der Waals surface area contributed by atoms with Crippen molar-refractivity contribution < 1.29 is 0 Å². The van der Waals surface area contributed by atoms with E-state index in [9.17, 15) is 0 Å². The van der Waals surface area contributed by atoms with E-state index in [1.807, 2.05) is 18.7 Å². The first-order valence-electron chi connectivity index (χ1n) is 4.48. The van der Waals surface area contributed by atoms with Gasteiger partial charge in [0, 0.05) is 16.8 Å². The van der Waals surface area contributed by atoms with E-state index in [0.29, 0.717) is 0 Å². The van der Waals surface area contributed by atoms with Gasteiger partial charge in [0.05, 0.1) is 0 Å². The number of thiol groups is 1. The minimum atomic E-state index is 1.01. The lowest BCUT2D eigenvalue weighted by molar-refractivity contribution is 0.787. The topological polar surface area (TPSA) is 12.9 Å². The monoisotopic (exact) mass is 233 g/mol. The molecule has 4 heteroatoms. The second-order valence-electron chi connectivity index (χ2n) is 2.89. The molecule has 0 saturated heterocycles. The molecule has 1 nitrogen and oxygen atoms in total. The summed E-state index contributed by atoms with van der Waals surface area (Å²) in [6.07, 6.45) is 3.81. The van der Waals surface area contributed by atoms with Crippen molar-refractivity contribution in [1.82, 2.24) is 4.98 Å². The largest absolute Gasteiger partial charge is 0.235 e. The van der Waals surface area contributed by atoms with Gasteiger partial charge in [-0.3, -0.25) is 0 Å². The van der Waals surface area contributed by atoms with Gasteiger partial charge in [0.25, 0.3) is 0 Å². The van der Waals surface area contributed by atoms with Crippen LogP contribution < -0.4 is 0 Å². The van der Waals surface area contributed by atoms with E-state index in [1.54, 1.807) is 11.3 Å². The zero-order chi connectivity index (χ0) is 9.52. The maximum atomic E-state index is 4.39. The van der Waals surface area contributed by atoms with Gasteiger partial charge in [-0.15, -0.1) is 11.3 Å². The van der Waals surface area contributed by atoms with Crippen LogP contribution in [0.4, 0.5) is 0 Å². The number of thiazole rings is 1. The number of unbranched alkanes of at least 4 members (excludes halogenated alkanes) is 2. The van der Waals surface area contributed by atoms with E-state index >= 15 is 0 Å². The third-order valence-electron chi connectivity index (χ3n) is 1.63. The SMILES string of the molecule is Cc1csc(SCCCCCS)n1. The second-order valence-corrected chi connectivity index (χ2v) is 5.53. The van der Waals surface area contributed by atoms with Crippen molar-refractivity contribution in [2.45, 2.75) is 30.5 Å². The highest BCUT2D eigenvalue weighted by molar-refractivity contribution is 8.00. The Morgan fingerprint density at radius 2 is 2.31 bits per heavy atom. The Labute approximate surface area is 93.8 Å². The highest BCUT2D eigenvalue weighted by Crippen LogP contribution is 2.23. The van der Waals surface area contributed by atoms with Gasteiger partial charge in [-0.1, -0.05) is 18.2 Å². The Hall–Kier alpha value is 0.330. The van der Waals surface area contributed by atoms with E-state index in [1.165, 1.54) is 29.4 Å². The molecule has 0 unspecified atom stereocenters. The summed E-state index contributed by atoms with van der Waals surface area (Å²) >= 11 is 7.80. The molecule has 0 aliphatic heterocycles. The van der Waals surface area contributed by atoms with Crippen LogP contribution in [0.2, 0.25) is 0 Å². The molecule has 0 saturated carbocycles. The minimum Gasteiger partial charge on any atom is -0.235 e. The summed E-state index contributed by atoms with van der Waals surface area (Å²) in [5.41, 5.74) is 1.14. The lowest BCUT2D eigenvalue weighted by Gasteiger charge is -1.96. The molecular formula is C9H15NS3. The number of aryl methyl sites for hydroxylation is 1. The van der Waals surface area contributed by atoms with Gasteiger partial charge in [0.2, 0.25) is 0 Å². The summed E-state index contributed by atoms with van der Waals surface area (Å²) in [5.74, 6) is 2.21. The molecule has 0 radical (unpaired) electrons. The van der Waals surface area contributed by atoms with Crippen LogP contribution in [0.3, 0.4) is 0 Å². The Bertz CT molecular complexity index is 235. The van der Waals surface area contributed by atoms with Crippen LogP contribution in [0.15, 0.2) is 9.72 Å². The molecule has 0 fully saturated rings. The third kappa shape index (κ3) is 4.93. The second kappa shape index (κ2) is 6.74. The van der Waals surface area contributed by atoms with Crippen LogP contribution >= 0.6 is 35.7 Å². The van der Waals surface area contributed by atoms with Gasteiger partial charge >= 0.3 is 0 Å². The summed E-state index contributed by atoms with van der Waals surface area (Å²) < 4.78 is 1.21. The third-order valence-corrected chi connectivity index (χ3v) is 4.17. The van der Waals surface area contributed by atoms with E-state index in [-0.39, 0.29) is 0 Å². The van der Waals surface area contributed by atoms with Crippen LogP contribution in [0.25, 0.3) is 0 Å². The standard InChI is InChI=1S/C9H15NS3/c1-8-7-13-9(10-8)12-6-4-2-3-5-11/h7,11H,2-6H2,1H3. The van der Waals surface area contributed by atoms with Gasteiger partial charge < -0.3 is 0 Å². The van der Waals surface area contributed by atoms with Gasteiger partial charge in [0.1, 0.15) is 4.34 Å². The predicted molar refractivity (Wildman–Crippen MR) is 65.3 cm³/mol.